The number of hydrogen-bond acceptors (Lipinski definition) is 4. The van der Waals surface area contributed by atoms with Crippen molar-refractivity contribution in [1.82, 2.24) is 10.2 Å². The maximum absolute atomic E-state index is 13.1. The Labute approximate surface area is 178 Å². The van der Waals surface area contributed by atoms with E-state index < -0.39 is 29.6 Å². The van der Waals surface area contributed by atoms with Crippen LogP contribution in [-0.4, -0.2) is 34.3 Å². The molecule has 1 aliphatic rings. The molecule has 1 saturated heterocycles. The molecule has 0 unspecified atom stereocenters. The number of hydrogen-bond donors (Lipinski definition) is 1. The molecule has 160 valence electrons. The smallest absolute Gasteiger partial charge is 0.413 e. The highest BCUT2D eigenvalue weighted by atomic mass is 16.6. The van der Waals surface area contributed by atoms with Gasteiger partial charge in [-0.1, -0.05) is 60.7 Å². The number of nitrogens with zero attached hydrogens (tertiary/aromatic N) is 1. The molecule has 2 aromatic carbocycles. The Morgan fingerprint density at radius 3 is 2.17 bits per heavy atom. The third-order valence-electron chi connectivity index (χ3n) is 4.86. The van der Waals surface area contributed by atoms with E-state index in [-0.39, 0.29) is 5.91 Å². The molecule has 1 aliphatic heterocycles. The van der Waals surface area contributed by atoms with Crippen molar-refractivity contribution >= 4 is 12.0 Å². The zero-order valence-electron chi connectivity index (χ0n) is 18.2. The van der Waals surface area contributed by atoms with Gasteiger partial charge in [0.2, 0.25) is 0 Å². The van der Waals surface area contributed by atoms with Gasteiger partial charge in [0.25, 0.3) is 5.91 Å². The second-order valence-electron chi connectivity index (χ2n) is 8.89. The summed E-state index contributed by atoms with van der Waals surface area (Å²) in [5.41, 5.74) is 0.122. The first-order valence-corrected chi connectivity index (χ1v) is 10.2. The van der Waals surface area contributed by atoms with Crippen molar-refractivity contribution in [1.29, 1.82) is 0 Å². The number of carbonyl (C=O) groups excluding carboxylic acids is 2. The van der Waals surface area contributed by atoms with Crippen LogP contribution in [0.1, 0.15) is 51.8 Å². The van der Waals surface area contributed by atoms with E-state index in [0.717, 1.165) is 11.1 Å². The second kappa shape index (κ2) is 8.48. The van der Waals surface area contributed by atoms with Gasteiger partial charge in [-0.25, -0.2) is 4.79 Å². The Kier molecular flexibility index (Phi) is 6.17. The minimum atomic E-state index is -1.02. The highest BCUT2D eigenvalue weighted by Gasteiger charge is 2.54. The van der Waals surface area contributed by atoms with Crippen LogP contribution in [-0.2, 0) is 20.8 Å². The predicted octanol–water partition coefficient (Wildman–Crippen LogP) is 4.42. The van der Waals surface area contributed by atoms with E-state index in [1.54, 1.807) is 13.8 Å². The molecule has 0 bridgehead atoms. The molecular formula is C24H30N2O4. The number of benzene rings is 2. The van der Waals surface area contributed by atoms with Crippen LogP contribution in [0.2, 0.25) is 0 Å². The first kappa shape index (κ1) is 21.8. The normalized spacial score (nSPS) is 20.6. The SMILES string of the molecule is CC(C)(C)OC(=O)N1[C@@H](c2ccccc2)[C@H](C(=O)NCc2ccccc2)OC1(C)C. The largest absolute Gasteiger partial charge is 0.444 e. The summed E-state index contributed by atoms with van der Waals surface area (Å²) >= 11 is 0. The molecule has 2 aromatic rings. The van der Waals surface area contributed by atoms with Gasteiger partial charge in [-0.05, 0) is 45.7 Å². The van der Waals surface area contributed by atoms with Crippen molar-refractivity contribution in [3.05, 3.63) is 71.8 Å². The van der Waals surface area contributed by atoms with Crippen LogP contribution in [0.3, 0.4) is 0 Å². The van der Waals surface area contributed by atoms with Crippen molar-refractivity contribution in [3.8, 4) is 0 Å². The van der Waals surface area contributed by atoms with E-state index in [4.69, 9.17) is 9.47 Å². The molecule has 0 spiro atoms. The van der Waals surface area contributed by atoms with Gasteiger partial charge in [-0.3, -0.25) is 9.69 Å². The monoisotopic (exact) mass is 410 g/mol. The van der Waals surface area contributed by atoms with Gasteiger partial charge in [0.1, 0.15) is 11.3 Å². The zero-order chi connectivity index (χ0) is 21.9. The van der Waals surface area contributed by atoms with Gasteiger partial charge in [0, 0.05) is 6.54 Å². The van der Waals surface area contributed by atoms with Gasteiger partial charge in [-0.15, -0.1) is 0 Å². The summed E-state index contributed by atoms with van der Waals surface area (Å²) < 4.78 is 11.8. The molecule has 3 rings (SSSR count). The fourth-order valence-corrected chi connectivity index (χ4v) is 3.60. The summed E-state index contributed by atoms with van der Waals surface area (Å²) in [6.07, 6.45) is -1.38. The number of nitrogens with one attached hydrogen (secondary N) is 1. The minimum absolute atomic E-state index is 0.271. The van der Waals surface area contributed by atoms with Crippen molar-refractivity contribution in [2.45, 2.75) is 64.6 Å². The van der Waals surface area contributed by atoms with Crippen LogP contribution in [0.5, 0.6) is 0 Å². The Morgan fingerprint density at radius 2 is 1.60 bits per heavy atom. The summed E-state index contributed by atoms with van der Waals surface area (Å²) in [6, 6.07) is 18.5. The van der Waals surface area contributed by atoms with Crippen molar-refractivity contribution in [3.63, 3.8) is 0 Å². The van der Waals surface area contributed by atoms with E-state index >= 15 is 0 Å². The van der Waals surface area contributed by atoms with E-state index in [0.29, 0.717) is 6.54 Å². The van der Waals surface area contributed by atoms with Crippen LogP contribution >= 0.6 is 0 Å². The van der Waals surface area contributed by atoms with Crippen molar-refractivity contribution in [2.24, 2.45) is 0 Å². The highest BCUT2D eigenvalue weighted by molar-refractivity contribution is 5.84. The zero-order valence-corrected chi connectivity index (χ0v) is 18.2. The number of amides is 2. The van der Waals surface area contributed by atoms with Gasteiger partial charge in [0.05, 0.1) is 6.04 Å². The van der Waals surface area contributed by atoms with Crippen LogP contribution < -0.4 is 5.32 Å². The molecule has 30 heavy (non-hydrogen) atoms. The lowest BCUT2D eigenvalue weighted by atomic mass is 9.99. The van der Waals surface area contributed by atoms with Crippen LogP contribution in [0, 0.1) is 0 Å². The quantitative estimate of drug-likeness (QED) is 0.810. The maximum atomic E-state index is 13.1. The molecular weight excluding hydrogens is 380 g/mol. The second-order valence-corrected chi connectivity index (χ2v) is 8.89. The van der Waals surface area contributed by atoms with Crippen molar-refractivity contribution < 1.29 is 19.1 Å². The Bertz CT molecular complexity index is 875. The molecule has 2 amide bonds. The summed E-state index contributed by atoms with van der Waals surface area (Å²) in [5.74, 6) is -0.271. The summed E-state index contributed by atoms with van der Waals surface area (Å²) in [6.45, 7) is 9.38. The third-order valence-corrected chi connectivity index (χ3v) is 4.86. The third kappa shape index (κ3) is 5.00. The van der Waals surface area contributed by atoms with Crippen molar-refractivity contribution in [2.75, 3.05) is 0 Å². The number of rotatable bonds is 4. The van der Waals surface area contributed by atoms with E-state index in [2.05, 4.69) is 5.32 Å². The van der Waals surface area contributed by atoms with Gasteiger partial charge >= 0.3 is 6.09 Å². The average molecular weight is 411 g/mol. The summed E-state index contributed by atoms with van der Waals surface area (Å²) in [5, 5.41) is 2.94. The molecule has 0 saturated carbocycles. The van der Waals surface area contributed by atoms with Gasteiger partial charge in [0.15, 0.2) is 6.10 Å². The molecule has 1 heterocycles. The molecule has 2 atom stereocenters. The lowest BCUT2D eigenvalue weighted by Gasteiger charge is -2.35. The number of carbonyl (C=O) groups is 2. The average Bonchev–Trinajstić information content (AvgIpc) is 2.97. The molecule has 1 fully saturated rings. The number of ether oxygens (including phenoxy) is 2. The lowest BCUT2D eigenvalue weighted by molar-refractivity contribution is -0.138. The van der Waals surface area contributed by atoms with Gasteiger partial charge in [-0.2, -0.15) is 0 Å². The first-order valence-electron chi connectivity index (χ1n) is 10.2. The summed E-state index contributed by atoms with van der Waals surface area (Å²) in [4.78, 5) is 27.8. The van der Waals surface area contributed by atoms with E-state index in [9.17, 15) is 9.59 Å². The van der Waals surface area contributed by atoms with Gasteiger partial charge < -0.3 is 14.8 Å². The molecule has 0 aliphatic carbocycles. The van der Waals surface area contributed by atoms with Crippen LogP contribution in [0.25, 0.3) is 0 Å². The standard InChI is InChI=1S/C24H30N2O4/c1-23(2,3)30-22(28)26-19(18-14-10-7-11-15-18)20(29-24(26,4)5)21(27)25-16-17-12-8-6-9-13-17/h6-15,19-20H,16H2,1-5H3,(H,25,27)/t19-,20+/m0/s1. The topological polar surface area (TPSA) is 67.9 Å². The molecule has 0 aromatic heterocycles. The Morgan fingerprint density at radius 1 is 1.03 bits per heavy atom. The van der Waals surface area contributed by atoms with Crippen LogP contribution in [0.15, 0.2) is 60.7 Å². The molecule has 6 heteroatoms. The lowest BCUT2D eigenvalue weighted by Crippen LogP contribution is -2.47. The van der Waals surface area contributed by atoms with Crippen LogP contribution in [0.4, 0.5) is 4.79 Å². The van der Waals surface area contributed by atoms with E-state index in [1.807, 2.05) is 81.4 Å². The fourth-order valence-electron chi connectivity index (χ4n) is 3.60. The molecule has 6 nitrogen and oxygen atoms in total. The summed E-state index contributed by atoms with van der Waals surface area (Å²) in [7, 11) is 0. The fraction of sp³-hybridized carbons (Fsp3) is 0.417. The molecule has 0 radical (unpaired) electrons. The Balaban J connectivity index is 1.89. The highest BCUT2D eigenvalue weighted by Crippen LogP contribution is 2.42. The molecule has 1 N–H and O–H groups in total. The predicted molar refractivity (Wildman–Crippen MR) is 114 cm³/mol. The maximum Gasteiger partial charge on any atom is 0.413 e. The Hall–Kier alpha value is -2.86. The first-order chi connectivity index (χ1) is 14.1. The minimum Gasteiger partial charge on any atom is -0.444 e. The van der Waals surface area contributed by atoms with E-state index in [1.165, 1.54) is 4.90 Å².